The van der Waals surface area contributed by atoms with Crippen molar-refractivity contribution in [3.8, 4) is 11.1 Å². The molecule has 8 nitrogen and oxygen atoms in total. The number of halogens is 2. The number of hydrogen-bond acceptors (Lipinski definition) is 5. The number of carbonyl (C=O) groups excluding carboxylic acids is 2. The normalized spacial score (nSPS) is 22.3. The Hall–Kier alpha value is -3.17. The van der Waals surface area contributed by atoms with E-state index in [1.165, 1.54) is 25.0 Å². The summed E-state index contributed by atoms with van der Waals surface area (Å²) < 4.78 is 16.5. The van der Waals surface area contributed by atoms with Gasteiger partial charge in [-0.3, -0.25) is 14.0 Å². The number of rotatable bonds is 6. The van der Waals surface area contributed by atoms with Gasteiger partial charge < -0.3 is 20.0 Å². The van der Waals surface area contributed by atoms with E-state index in [1.54, 1.807) is 11.0 Å². The van der Waals surface area contributed by atoms with Crippen LogP contribution in [-0.2, 0) is 4.79 Å². The third-order valence-corrected chi connectivity index (χ3v) is 9.73. The summed E-state index contributed by atoms with van der Waals surface area (Å²) in [6, 6.07) is 6.78. The monoisotopic (exact) mass is 594 g/mol. The van der Waals surface area contributed by atoms with Gasteiger partial charge in [0.1, 0.15) is 11.6 Å². The number of fused-ring (bicyclic) bond motifs is 4. The molecule has 1 aromatic carbocycles. The summed E-state index contributed by atoms with van der Waals surface area (Å²) in [5.74, 6) is 0.711. The fraction of sp³-hybridized carbons (Fsp3) is 0.531. The van der Waals surface area contributed by atoms with E-state index in [1.807, 2.05) is 49.3 Å². The molecule has 42 heavy (non-hydrogen) atoms. The Bertz CT molecular complexity index is 1510. The highest BCUT2D eigenvalue weighted by Crippen LogP contribution is 2.37. The number of nitrogens with zero attached hydrogens (tertiary/aromatic N) is 5. The molecule has 3 saturated heterocycles. The first kappa shape index (κ1) is 28.9. The second-order valence-electron chi connectivity index (χ2n) is 12.2. The summed E-state index contributed by atoms with van der Waals surface area (Å²) in [7, 11) is 0. The van der Waals surface area contributed by atoms with Crippen LogP contribution in [0.2, 0.25) is 5.15 Å². The number of pyridine rings is 1. The van der Waals surface area contributed by atoms with Crippen LogP contribution in [0.5, 0.6) is 0 Å². The lowest BCUT2D eigenvalue weighted by Crippen LogP contribution is -2.61. The first-order valence-electron chi connectivity index (χ1n) is 15.2. The summed E-state index contributed by atoms with van der Waals surface area (Å²) in [4.78, 5) is 37.7. The van der Waals surface area contributed by atoms with Crippen LogP contribution in [0.3, 0.4) is 0 Å². The number of nitrogens with one attached hydrogen (secondary N) is 1. The van der Waals surface area contributed by atoms with E-state index in [9.17, 15) is 14.0 Å². The number of hydrogen-bond donors (Lipinski definition) is 1. The summed E-state index contributed by atoms with van der Waals surface area (Å²) in [5.41, 5.74) is 3.25. The highest BCUT2D eigenvalue weighted by Gasteiger charge is 2.41. The second-order valence-corrected chi connectivity index (χ2v) is 12.6. The lowest BCUT2D eigenvalue weighted by atomic mass is 9.76. The molecule has 0 spiro atoms. The molecule has 7 rings (SSSR count). The highest BCUT2D eigenvalue weighted by atomic mass is 35.5. The zero-order chi connectivity index (χ0) is 29.7. The molecular weight excluding hydrogens is 555 g/mol. The van der Waals surface area contributed by atoms with Gasteiger partial charge in [0.2, 0.25) is 5.91 Å². The smallest absolute Gasteiger partial charge is 0.254 e. The van der Waals surface area contributed by atoms with Crippen LogP contribution in [-0.4, -0.2) is 81.8 Å². The van der Waals surface area contributed by atoms with Crippen molar-refractivity contribution in [1.82, 2.24) is 24.5 Å². The fourth-order valence-electron chi connectivity index (χ4n) is 7.16. The van der Waals surface area contributed by atoms with Gasteiger partial charge in [0.05, 0.1) is 22.8 Å². The largest absolute Gasteiger partial charge is 0.367 e. The van der Waals surface area contributed by atoms with Gasteiger partial charge in [0.25, 0.3) is 5.91 Å². The molecule has 2 aromatic heterocycles. The Morgan fingerprint density at radius 3 is 2.43 bits per heavy atom. The highest BCUT2D eigenvalue weighted by molar-refractivity contribution is 6.33. The Kier molecular flexibility index (Phi) is 7.91. The third-order valence-electron chi connectivity index (χ3n) is 9.46. The van der Waals surface area contributed by atoms with E-state index >= 15 is 0 Å². The van der Waals surface area contributed by atoms with E-state index in [-0.39, 0.29) is 23.9 Å². The van der Waals surface area contributed by atoms with Crippen LogP contribution in [0.1, 0.15) is 62.6 Å². The van der Waals surface area contributed by atoms with Gasteiger partial charge in [-0.2, -0.15) is 0 Å². The summed E-state index contributed by atoms with van der Waals surface area (Å²) in [5, 5.41) is 3.93. The van der Waals surface area contributed by atoms with Crippen LogP contribution in [0, 0.1) is 18.7 Å². The van der Waals surface area contributed by atoms with Crippen LogP contribution >= 0.6 is 11.6 Å². The first-order chi connectivity index (χ1) is 20.2. The van der Waals surface area contributed by atoms with Crippen LogP contribution in [0.4, 0.5) is 10.1 Å². The van der Waals surface area contributed by atoms with Crippen molar-refractivity contribution in [3.63, 3.8) is 0 Å². The maximum absolute atomic E-state index is 14.6. The maximum Gasteiger partial charge on any atom is 0.254 e. The van der Waals surface area contributed by atoms with Crippen molar-refractivity contribution < 1.29 is 14.0 Å². The molecule has 10 heteroatoms. The van der Waals surface area contributed by atoms with Crippen LogP contribution < -0.4 is 10.2 Å². The topological polar surface area (TPSA) is 73.2 Å². The van der Waals surface area contributed by atoms with Crippen molar-refractivity contribution in [1.29, 1.82) is 0 Å². The SMILES string of the molecule is CCN(C(=O)c1cc(F)ccc1-c1cc(N2CCN(C(=O)[C@@H]3NC4CCC3CC4)CC2)cn2c(C)nc(Cl)c12)C(C)C. The van der Waals surface area contributed by atoms with Crippen molar-refractivity contribution >= 4 is 34.6 Å². The molecule has 1 N–H and O–H groups in total. The van der Waals surface area contributed by atoms with E-state index in [2.05, 4.69) is 15.2 Å². The Morgan fingerprint density at radius 1 is 1.10 bits per heavy atom. The first-order valence-corrected chi connectivity index (χ1v) is 15.6. The molecule has 224 valence electrons. The zero-order valence-corrected chi connectivity index (χ0v) is 25.6. The molecule has 0 radical (unpaired) electrons. The van der Waals surface area contributed by atoms with Gasteiger partial charge >= 0.3 is 0 Å². The lowest BCUT2D eigenvalue weighted by molar-refractivity contribution is -0.137. The fourth-order valence-corrected chi connectivity index (χ4v) is 7.48. The van der Waals surface area contributed by atoms with Crippen LogP contribution in [0.25, 0.3) is 16.6 Å². The van der Waals surface area contributed by atoms with E-state index in [0.717, 1.165) is 29.9 Å². The number of imidazole rings is 1. The van der Waals surface area contributed by atoms with Crippen molar-refractivity contribution in [3.05, 3.63) is 52.8 Å². The summed E-state index contributed by atoms with van der Waals surface area (Å²) >= 11 is 6.66. The van der Waals surface area contributed by atoms with Crippen molar-refractivity contribution in [2.45, 2.75) is 71.5 Å². The van der Waals surface area contributed by atoms with Crippen LogP contribution in [0.15, 0.2) is 30.5 Å². The average molecular weight is 595 g/mol. The standard InChI is InChI=1S/C32H40ClFN6O2/c1-5-39(19(2)3)31(41)27-16-22(34)8-11-25(27)26-17-24(18-40-20(4)35-30(33)29(26)40)37-12-14-38(15-13-37)32(42)28-21-6-9-23(36-28)10-7-21/h8,11,16-19,21,23,28,36H,5-7,9-10,12-15H2,1-4H3/t21?,23?,28-/m1/s1. The predicted molar refractivity (Wildman–Crippen MR) is 164 cm³/mol. The molecule has 0 unspecified atom stereocenters. The number of piperazine rings is 1. The molecule has 2 bridgehead atoms. The molecule has 2 amide bonds. The molecule has 4 aliphatic rings. The van der Waals surface area contributed by atoms with E-state index in [0.29, 0.717) is 66.5 Å². The Morgan fingerprint density at radius 2 is 1.81 bits per heavy atom. The zero-order valence-electron chi connectivity index (χ0n) is 24.9. The second kappa shape index (κ2) is 11.5. The predicted octanol–water partition coefficient (Wildman–Crippen LogP) is 5.15. The molecule has 1 aliphatic carbocycles. The number of anilines is 1. The van der Waals surface area contributed by atoms with Crippen molar-refractivity contribution in [2.24, 2.45) is 5.92 Å². The Balaban J connectivity index is 1.33. The van der Waals surface area contributed by atoms with Crippen molar-refractivity contribution in [2.75, 3.05) is 37.6 Å². The summed E-state index contributed by atoms with van der Waals surface area (Å²) in [6.45, 7) is 10.9. The van der Waals surface area contributed by atoms with Gasteiger partial charge in [0, 0.05) is 56.6 Å². The minimum absolute atomic E-state index is 0.0382. The summed E-state index contributed by atoms with van der Waals surface area (Å²) in [6.07, 6.45) is 6.67. The third kappa shape index (κ3) is 5.15. The molecule has 3 aliphatic heterocycles. The van der Waals surface area contributed by atoms with Gasteiger partial charge in [0.15, 0.2) is 5.15 Å². The van der Waals surface area contributed by atoms with Gasteiger partial charge in [-0.1, -0.05) is 17.7 Å². The van der Waals surface area contributed by atoms with Gasteiger partial charge in [-0.05, 0) is 83.1 Å². The number of aryl methyl sites for hydroxylation is 1. The molecule has 1 saturated carbocycles. The van der Waals surface area contributed by atoms with Gasteiger partial charge in [-0.15, -0.1) is 0 Å². The lowest BCUT2D eigenvalue weighted by Gasteiger charge is -2.45. The molecule has 4 fully saturated rings. The minimum atomic E-state index is -0.466. The minimum Gasteiger partial charge on any atom is -0.367 e. The molecule has 1 atom stereocenters. The molecular formula is C32H40ClFN6O2. The Labute approximate surface area is 251 Å². The van der Waals surface area contributed by atoms with E-state index < -0.39 is 5.82 Å². The number of aromatic nitrogens is 2. The maximum atomic E-state index is 14.6. The number of piperidine rings is 2. The van der Waals surface area contributed by atoms with Gasteiger partial charge in [-0.25, -0.2) is 9.37 Å². The number of amides is 2. The molecule has 3 aromatic rings. The quantitative estimate of drug-likeness (QED) is 0.427. The average Bonchev–Trinajstić information content (AvgIpc) is 3.29. The number of benzene rings is 1. The molecule has 5 heterocycles. The number of carbonyl (C=O) groups is 2. The van der Waals surface area contributed by atoms with E-state index in [4.69, 9.17) is 11.6 Å².